The summed E-state index contributed by atoms with van der Waals surface area (Å²) in [5, 5.41) is 0. The zero-order valence-electron chi connectivity index (χ0n) is 23.5. The number of ether oxygens (including phenoxy) is 6. The minimum absolute atomic E-state index is 0. The fourth-order valence-corrected chi connectivity index (χ4v) is 4.54. The van der Waals surface area contributed by atoms with Crippen molar-refractivity contribution in [2.45, 2.75) is 20.0 Å². The van der Waals surface area contributed by atoms with E-state index in [0.29, 0.717) is 29.5 Å². The molecule has 1 heterocycles. The lowest BCUT2D eigenvalue weighted by Crippen LogP contribution is -3.26. The molecular weight excluding hydrogens is 547 g/mol. The molecule has 0 radical (unpaired) electrons. The molecule has 0 spiro atoms. The quantitative estimate of drug-likeness (QED) is 0.191. The number of quaternary nitrogens is 2. The Morgan fingerprint density at radius 3 is 2.00 bits per heavy atom. The molecule has 1 saturated heterocycles. The van der Waals surface area contributed by atoms with E-state index in [0.717, 1.165) is 37.5 Å². The van der Waals surface area contributed by atoms with Crippen molar-refractivity contribution in [3.63, 3.8) is 0 Å². The first-order valence-corrected chi connectivity index (χ1v) is 12.5. The molecule has 1 fully saturated rings. The zero-order chi connectivity index (χ0) is 26.8. The van der Waals surface area contributed by atoms with Crippen molar-refractivity contribution >= 4 is 11.7 Å². The Bertz CT molecular complexity index is 1050. The van der Waals surface area contributed by atoms with E-state index in [4.69, 9.17) is 28.4 Å². The summed E-state index contributed by atoms with van der Waals surface area (Å²) in [6.07, 6.45) is 1.08. The molecule has 39 heavy (non-hydrogen) atoms. The molecule has 9 nitrogen and oxygen atoms in total. The van der Waals surface area contributed by atoms with E-state index in [-0.39, 0.29) is 37.4 Å². The first-order chi connectivity index (χ1) is 17.9. The minimum atomic E-state index is -0.426. The maximum Gasteiger partial charge on any atom is 0.331 e. The monoisotopic (exact) mass is 586 g/mol. The maximum absolute atomic E-state index is 12.5. The van der Waals surface area contributed by atoms with Gasteiger partial charge in [0.05, 0.1) is 28.4 Å². The summed E-state index contributed by atoms with van der Waals surface area (Å²) in [4.78, 5) is 15.2. The van der Waals surface area contributed by atoms with E-state index in [1.807, 2.05) is 32.0 Å². The Kier molecular flexibility index (Phi) is 14.9. The lowest BCUT2D eigenvalue weighted by atomic mass is 10.2. The number of para-hydroxylation sites is 2. The normalized spacial score (nSPS) is 16.9. The van der Waals surface area contributed by atoms with Crippen LogP contribution in [0.3, 0.4) is 0 Å². The number of benzene rings is 2. The highest BCUT2D eigenvalue weighted by Gasteiger charge is 2.30. The van der Waals surface area contributed by atoms with E-state index in [1.54, 1.807) is 40.6 Å². The van der Waals surface area contributed by atoms with Crippen molar-refractivity contribution in [3.8, 4) is 28.7 Å². The van der Waals surface area contributed by atoms with Crippen molar-refractivity contribution in [2.75, 3.05) is 67.8 Å². The van der Waals surface area contributed by atoms with Gasteiger partial charge in [-0.25, -0.2) is 4.79 Å². The molecule has 1 aliphatic heterocycles. The Labute approximate surface area is 243 Å². The first-order valence-electron chi connectivity index (χ1n) is 12.5. The number of nitrogens with one attached hydrogen (secondary N) is 2. The van der Waals surface area contributed by atoms with Gasteiger partial charge >= 0.3 is 5.97 Å². The third-order valence-corrected chi connectivity index (χ3v) is 6.33. The average molecular weight is 588 g/mol. The van der Waals surface area contributed by atoms with Gasteiger partial charge in [0, 0.05) is 24.3 Å². The summed E-state index contributed by atoms with van der Waals surface area (Å²) >= 11 is 0. The van der Waals surface area contributed by atoms with Crippen LogP contribution in [0.2, 0.25) is 0 Å². The van der Waals surface area contributed by atoms with Gasteiger partial charge in [0.25, 0.3) is 0 Å². The van der Waals surface area contributed by atoms with E-state index < -0.39 is 6.10 Å². The van der Waals surface area contributed by atoms with E-state index in [1.165, 1.54) is 21.6 Å². The summed E-state index contributed by atoms with van der Waals surface area (Å²) in [6, 6.07) is 11.6. The van der Waals surface area contributed by atoms with Crippen LogP contribution in [0.5, 0.6) is 28.7 Å². The second-order valence-corrected chi connectivity index (χ2v) is 9.21. The molecule has 2 aromatic carbocycles. The third-order valence-electron chi connectivity index (χ3n) is 6.33. The number of hydrogen-bond donors (Lipinski definition) is 2. The molecule has 2 N–H and O–H groups in total. The molecule has 11 heteroatoms. The van der Waals surface area contributed by atoms with Gasteiger partial charge in [-0.05, 0) is 19.9 Å². The maximum atomic E-state index is 12.5. The van der Waals surface area contributed by atoms with Crippen LogP contribution < -0.4 is 58.3 Å². The number of carbonyl (C=O) groups excluding carboxylic acids is 1. The molecule has 0 aromatic heterocycles. The number of esters is 1. The van der Waals surface area contributed by atoms with Crippen molar-refractivity contribution in [3.05, 3.63) is 48.0 Å². The number of carbonyl (C=O) groups is 1. The van der Waals surface area contributed by atoms with Crippen LogP contribution in [-0.2, 0) is 9.53 Å². The summed E-state index contributed by atoms with van der Waals surface area (Å²) in [6.45, 7) is 8.37. The summed E-state index contributed by atoms with van der Waals surface area (Å²) in [5.74, 6) is 2.57. The number of halogens is 2. The molecule has 3 rings (SSSR count). The molecule has 0 aliphatic carbocycles. The van der Waals surface area contributed by atoms with Crippen LogP contribution >= 0.6 is 0 Å². The van der Waals surface area contributed by atoms with Crippen molar-refractivity contribution < 1.29 is 67.8 Å². The minimum Gasteiger partial charge on any atom is -1.00 e. The Balaban J connectivity index is 0.00000380. The van der Waals surface area contributed by atoms with Gasteiger partial charge in [-0.15, -0.1) is 0 Å². The molecule has 0 saturated carbocycles. The summed E-state index contributed by atoms with van der Waals surface area (Å²) < 4.78 is 33.7. The molecule has 2 aromatic rings. The Morgan fingerprint density at radius 1 is 0.872 bits per heavy atom. The van der Waals surface area contributed by atoms with Crippen LogP contribution in [0.15, 0.2) is 48.0 Å². The predicted molar refractivity (Wildman–Crippen MR) is 140 cm³/mol. The largest absolute Gasteiger partial charge is 1.00 e. The van der Waals surface area contributed by atoms with Crippen LogP contribution in [0, 0.1) is 0 Å². The lowest BCUT2D eigenvalue weighted by Gasteiger charge is -2.31. The van der Waals surface area contributed by atoms with Gasteiger partial charge in [0.2, 0.25) is 5.75 Å². The lowest BCUT2D eigenvalue weighted by molar-refractivity contribution is -0.987. The van der Waals surface area contributed by atoms with E-state index in [9.17, 15) is 4.79 Å². The van der Waals surface area contributed by atoms with Crippen LogP contribution in [0.1, 0.15) is 13.8 Å². The Morgan fingerprint density at radius 2 is 1.46 bits per heavy atom. The van der Waals surface area contributed by atoms with Gasteiger partial charge in [-0.3, -0.25) is 4.90 Å². The van der Waals surface area contributed by atoms with Crippen LogP contribution in [-0.4, -0.2) is 79.8 Å². The number of hydrogen-bond acceptors (Lipinski definition) is 7. The average Bonchev–Trinajstić information content (AvgIpc) is 2.90. The van der Waals surface area contributed by atoms with Crippen LogP contribution in [0.25, 0.3) is 0 Å². The van der Waals surface area contributed by atoms with Crippen molar-refractivity contribution in [1.82, 2.24) is 0 Å². The third kappa shape index (κ3) is 9.69. The molecule has 0 amide bonds. The topological polar surface area (TPSA) is 81.3 Å². The summed E-state index contributed by atoms with van der Waals surface area (Å²) in [5.41, 5.74) is 2.07. The first kappa shape index (κ1) is 34.2. The highest BCUT2D eigenvalue weighted by molar-refractivity contribution is 5.82. The van der Waals surface area contributed by atoms with Gasteiger partial charge in [0.1, 0.15) is 45.1 Å². The summed E-state index contributed by atoms with van der Waals surface area (Å²) in [7, 11) is 6.37. The van der Waals surface area contributed by atoms with E-state index >= 15 is 0 Å². The predicted octanol–water partition coefficient (Wildman–Crippen LogP) is -4.90. The highest BCUT2D eigenvalue weighted by Crippen LogP contribution is 2.40. The van der Waals surface area contributed by atoms with Gasteiger partial charge in [-0.2, -0.15) is 0 Å². The van der Waals surface area contributed by atoms with Gasteiger partial charge < -0.3 is 58.1 Å². The van der Waals surface area contributed by atoms with Crippen molar-refractivity contribution in [1.29, 1.82) is 0 Å². The van der Waals surface area contributed by atoms with E-state index in [2.05, 4.69) is 6.07 Å². The molecule has 1 aliphatic rings. The number of piperazine rings is 1. The SMILES string of the molecule is COc1ccccc1[NH+]1CC[NH+](CC(COc2cc(OC)c(OC)c(OC)c2)OC(=O)C=C(C)C)CC1.[Cl-].[Cl-]. The molecule has 218 valence electrons. The molecular formula is C28H40Cl2N2O7. The number of rotatable bonds is 12. The fourth-order valence-electron chi connectivity index (χ4n) is 4.54. The highest BCUT2D eigenvalue weighted by atomic mass is 35.5. The standard InChI is InChI=1S/C28H38N2O7.2ClH/c1-20(2)15-27(31)37-22(19-36-21-16-25(33-4)28(35-6)26(17-21)34-5)18-29-11-13-30(14-12-29)23-9-7-8-10-24(23)32-3;;/h7-10,15-17,22H,11-14,18-19H2,1-6H3;2*1H. The van der Waals surface area contributed by atoms with Gasteiger partial charge in [-0.1, -0.05) is 17.7 Å². The molecule has 0 bridgehead atoms. The fraction of sp³-hybridized carbons (Fsp3) is 0.464. The van der Waals surface area contributed by atoms with Crippen LogP contribution in [0.4, 0.5) is 5.69 Å². The second-order valence-electron chi connectivity index (χ2n) is 9.21. The second kappa shape index (κ2) is 17.0. The number of methoxy groups -OCH3 is 4. The zero-order valence-corrected chi connectivity index (χ0v) is 25.0. The number of allylic oxidation sites excluding steroid dienone is 1. The molecule has 1 atom stereocenters. The van der Waals surface area contributed by atoms with Gasteiger partial charge in [0.15, 0.2) is 29.0 Å². The van der Waals surface area contributed by atoms with Crippen molar-refractivity contribution in [2.24, 2.45) is 0 Å². The molecule has 1 unspecified atom stereocenters. The Hall–Kier alpha value is -2.85. The smallest absolute Gasteiger partial charge is 0.331 e.